The smallest absolute Gasteiger partial charge is 0.248 e. The Bertz CT molecular complexity index is 1170. The standard InChI is InChI=1S/C19H25N9O2S/c1-22-17-15(24-13-9-10-23-11-13)3-2-4-16(17)28-18(20)26-19(27-28)25-12-5-7-14(8-6-12)31(21,29)30/h2-8,13,22-24H,9-11H2,1H3,(H2,21,29,30)(H3,20,25,26,27)/t13-/m0/s1. The predicted octanol–water partition coefficient (Wildman–Crippen LogP) is 1.06. The van der Waals surface area contributed by atoms with Gasteiger partial charge in [0.2, 0.25) is 21.9 Å². The Balaban J connectivity index is 1.60. The number of nitrogen functional groups attached to an aromatic ring is 1. The van der Waals surface area contributed by atoms with E-state index >= 15 is 0 Å². The number of nitrogens with one attached hydrogen (secondary N) is 4. The van der Waals surface area contributed by atoms with Crippen LogP contribution in [0.3, 0.4) is 0 Å². The van der Waals surface area contributed by atoms with Gasteiger partial charge in [-0.25, -0.2) is 13.6 Å². The maximum atomic E-state index is 11.4. The average molecular weight is 444 g/mol. The Labute approximate surface area is 180 Å². The third-order valence-corrected chi connectivity index (χ3v) is 5.94. The summed E-state index contributed by atoms with van der Waals surface area (Å²) in [6, 6.07) is 12.2. The van der Waals surface area contributed by atoms with Crippen LogP contribution in [-0.2, 0) is 10.0 Å². The van der Waals surface area contributed by atoms with Gasteiger partial charge >= 0.3 is 0 Å². The van der Waals surface area contributed by atoms with Crippen molar-refractivity contribution in [1.29, 1.82) is 0 Å². The SMILES string of the molecule is CNc1c(N[C@H]2CCNC2)cccc1-n1nc(Nc2ccc(S(N)(=O)=O)cc2)nc1N. The molecule has 11 nitrogen and oxygen atoms in total. The number of aromatic nitrogens is 3. The Morgan fingerprint density at radius 2 is 1.97 bits per heavy atom. The summed E-state index contributed by atoms with van der Waals surface area (Å²) in [5.74, 6) is 0.487. The first kappa shape index (κ1) is 20.9. The van der Waals surface area contributed by atoms with Gasteiger partial charge in [0.15, 0.2) is 0 Å². The zero-order valence-corrected chi connectivity index (χ0v) is 17.8. The summed E-state index contributed by atoms with van der Waals surface area (Å²) in [6.45, 7) is 1.91. The molecule has 31 heavy (non-hydrogen) atoms. The van der Waals surface area contributed by atoms with Crippen LogP contribution in [-0.4, -0.2) is 49.4 Å². The molecule has 1 fully saturated rings. The summed E-state index contributed by atoms with van der Waals surface area (Å²) in [4.78, 5) is 4.30. The number of benzene rings is 2. The number of primary sulfonamides is 1. The van der Waals surface area contributed by atoms with Crippen molar-refractivity contribution in [3.8, 4) is 5.69 Å². The topological polar surface area (TPSA) is 165 Å². The lowest BCUT2D eigenvalue weighted by Crippen LogP contribution is -2.23. The Morgan fingerprint density at radius 3 is 2.61 bits per heavy atom. The van der Waals surface area contributed by atoms with Crippen LogP contribution in [0.15, 0.2) is 47.4 Å². The van der Waals surface area contributed by atoms with Crippen LogP contribution in [0.5, 0.6) is 0 Å². The highest BCUT2D eigenvalue weighted by Crippen LogP contribution is 2.31. The van der Waals surface area contributed by atoms with E-state index in [0.29, 0.717) is 11.7 Å². The lowest BCUT2D eigenvalue weighted by molar-refractivity contribution is 0.598. The minimum atomic E-state index is -3.75. The van der Waals surface area contributed by atoms with E-state index in [1.165, 1.54) is 12.1 Å². The number of sulfonamides is 1. The van der Waals surface area contributed by atoms with Crippen LogP contribution in [0, 0.1) is 0 Å². The van der Waals surface area contributed by atoms with E-state index in [1.807, 2.05) is 25.2 Å². The van der Waals surface area contributed by atoms with Gasteiger partial charge in [-0.05, 0) is 49.4 Å². The molecule has 0 spiro atoms. The molecule has 2 aromatic carbocycles. The normalized spacial score (nSPS) is 16.3. The van der Waals surface area contributed by atoms with Crippen LogP contribution in [0.1, 0.15) is 6.42 Å². The average Bonchev–Trinajstić information content (AvgIpc) is 3.37. The first-order valence-corrected chi connectivity index (χ1v) is 11.3. The van der Waals surface area contributed by atoms with Gasteiger partial charge in [0.05, 0.1) is 22.0 Å². The number of rotatable bonds is 7. The van der Waals surface area contributed by atoms with Crippen molar-refractivity contribution in [2.45, 2.75) is 17.4 Å². The van der Waals surface area contributed by atoms with E-state index < -0.39 is 10.0 Å². The van der Waals surface area contributed by atoms with Gasteiger partial charge in [0.1, 0.15) is 0 Å². The number of hydrogen-bond donors (Lipinski definition) is 6. The van der Waals surface area contributed by atoms with E-state index in [9.17, 15) is 8.42 Å². The molecule has 0 saturated carbocycles. The van der Waals surface area contributed by atoms with Gasteiger partial charge in [-0.1, -0.05) is 6.07 Å². The second kappa shape index (κ2) is 8.41. The monoisotopic (exact) mass is 443 g/mol. The molecule has 8 N–H and O–H groups in total. The quantitative estimate of drug-likeness (QED) is 0.313. The largest absolute Gasteiger partial charge is 0.385 e. The van der Waals surface area contributed by atoms with E-state index in [2.05, 4.69) is 31.3 Å². The van der Waals surface area contributed by atoms with E-state index in [1.54, 1.807) is 16.8 Å². The molecule has 0 aliphatic carbocycles. The van der Waals surface area contributed by atoms with Crippen molar-refractivity contribution < 1.29 is 8.42 Å². The molecule has 0 amide bonds. The van der Waals surface area contributed by atoms with Crippen molar-refractivity contribution in [2.24, 2.45) is 5.14 Å². The molecule has 1 aliphatic rings. The van der Waals surface area contributed by atoms with E-state index in [-0.39, 0.29) is 16.8 Å². The van der Waals surface area contributed by atoms with Gasteiger partial charge in [0.25, 0.3) is 0 Å². The molecule has 1 aromatic heterocycles. The molecular weight excluding hydrogens is 418 g/mol. The Morgan fingerprint density at radius 1 is 1.19 bits per heavy atom. The summed E-state index contributed by atoms with van der Waals surface area (Å²) < 4.78 is 24.4. The summed E-state index contributed by atoms with van der Waals surface area (Å²) in [5, 5.41) is 22.7. The van der Waals surface area contributed by atoms with Crippen molar-refractivity contribution >= 4 is 39.0 Å². The molecule has 3 aromatic rings. The molecule has 1 atom stereocenters. The summed E-state index contributed by atoms with van der Waals surface area (Å²) >= 11 is 0. The van der Waals surface area contributed by atoms with Gasteiger partial charge in [-0.15, -0.1) is 5.10 Å². The highest BCUT2D eigenvalue weighted by atomic mass is 32.2. The molecule has 0 unspecified atom stereocenters. The molecule has 4 rings (SSSR count). The summed E-state index contributed by atoms with van der Waals surface area (Å²) in [5.41, 5.74) is 9.30. The Kier molecular flexibility index (Phi) is 5.67. The fourth-order valence-electron chi connectivity index (χ4n) is 3.51. The second-order valence-corrected chi connectivity index (χ2v) is 8.74. The molecule has 1 saturated heterocycles. The second-order valence-electron chi connectivity index (χ2n) is 7.18. The molecule has 0 radical (unpaired) electrons. The highest BCUT2D eigenvalue weighted by Gasteiger charge is 2.19. The number of nitrogens with zero attached hydrogens (tertiary/aromatic N) is 3. The van der Waals surface area contributed by atoms with Crippen molar-refractivity contribution in [1.82, 2.24) is 20.1 Å². The van der Waals surface area contributed by atoms with Crippen LogP contribution in [0.25, 0.3) is 5.69 Å². The highest BCUT2D eigenvalue weighted by molar-refractivity contribution is 7.89. The lowest BCUT2D eigenvalue weighted by atomic mass is 10.2. The summed E-state index contributed by atoms with van der Waals surface area (Å²) in [6.07, 6.45) is 1.05. The number of anilines is 5. The molecule has 2 heterocycles. The van der Waals surface area contributed by atoms with Crippen molar-refractivity contribution in [2.75, 3.05) is 41.8 Å². The molecule has 164 valence electrons. The van der Waals surface area contributed by atoms with E-state index in [4.69, 9.17) is 10.9 Å². The maximum Gasteiger partial charge on any atom is 0.248 e. The minimum Gasteiger partial charge on any atom is -0.385 e. The lowest BCUT2D eigenvalue weighted by Gasteiger charge is -2.19. The molecule has 12 heteroatoms. The van der Waals surface area contributed by atoms with Gasteiger partial charge < -0.3 is 27.0 Å². The van der Waals surface area contributed by atoms with Gasteiger partial charge in [0, 0.05) is 25.3 Å². The number of para-hydroxylation sites is 1. The van der Waals surface area contributed by atoms with Gasteiger partial charge in [-0.3, -0.25) is 0 Å². The minimum absolute atomic E-state index is 0.0245. The molecule has 0 bridgehead atoms. The fourth-order valence-corrected chi connectivity index (χ4v) is 4.02. The fraction of sp³-hybridized carbons (Fsp3) is 0.263. The van der Waals surface area contributed by atoms with E-state index in [0.717, 1.165) is 36.6 Å². The predicted molar refractivity (Wildman–Crippen MR) is 121 cm³/mol. The maximum absolute atomic E-state index is 11.4. The first-order chi connectivity index (χ1) is 14.8. The summed E-state index contributed by atoms with van der Waals surface area (Å²) in [7, 11) is -1.91. The Hall–Kier alpha value is -3.35. The van der Waals surface area contributed by atoms with Crippen LogP contribution >= 0.6 is 0 Å². The van der Waals surface area contributed by atoms with Crippen molar-refractivity contribution in [3.05, 3.63) is 42.5 Å². The number of hydrogen-bond acceptors (Lipinski definition) is 9. The van der Waals surface area contributed by atoms with Gasteiger partial charge in [-0.2, -0.15) is 9.67 Å². The van der Waals surface area contributed by atoms with Crippen LogP contribution in [0.2, 0.25) is 0 Å². The van der Waals surface area contributed by atoms with Crippen LogP contribution < -0.4 is 32.1 Å². The third kappa shape index (κ3) is 4.55. The molecule has 1 aliphatic heterocycles. The zero-order chi connectivity index (χ0) is 22.0. The third-order valence-electron chi connectivity index (χ3n) is 5.01. The number of nitrogens with two attached hydrogens (primary N) is 2. The van der Waals surface area contributed by atoms with Crippen LogP contribution in [0.4, 0.5) is 29.0 Å². The molecular formula is C19H25N9O2S. The van der Waals surface area contributed by atoms with Crippen molar-refractivity contribution in [3.63, 3.8) is 0 Å². The first-order valence-electron chi connectivity index (χ1n) is 9.76. The zero-order valence-electron chi connectivity index (χ0n) is 17.0.